The first-order valence-electron chi connectivity index (χ1n) is 9.03. The minimum Gasteiger partial charge on any atom is -0.348 e. The number of thiazole rings is 1. The first-order valence-corrected chi connectivity index (χ1v) is 9.91. The number of aromatic nitrogens is 1. The first kappa shape index (κ1) is 19.8. The molecule has 4 nitrogen and oxygen atoms in total. The van der Waals surface area contributed by atoms with E-state index < -0.39 is 11.7 Å². The van der Waals surface area contributed by atoms with Gasteiger partial charge in [-0.25, -0.2) is 4.98 Å². The fraction of sp³-hybridized carbons (Fsp3) is 0.474. The second-order valence-electron chi connectivity index (χ2n) is 6.71. The van der Waals surface area contributed by atoms with Crippen LogP contribution < -0.4 is 5.32 Å². The van der Waals surface area contributed by atoms with E-state index in [0.717, 1.165) is 51.0 Å². The van der Waals surface area contributed by atoms with E-state index >= 15 is 0 Å². The largest absolute Gasteiger partial charge is 0.416 e. The molecule has 3 rings (SSSR count). The molecule has 2 aromatic rings. The summed E-state index contributed by atoms with van der Waals surface area (Å²) in [6.45, 7) is 5.15. The molecule has 0 radical (unpaired) electrons. The molecular formula is C19H22F3N3OS. The van der Waals surface area contributed by atoms with E-state index in [1.807, 2.05) is 0 Å². The predicted octanol–water partition coefficient (Wildman–Crippen LogP) is 4.43. The lowest BCUT2D eigenvalue weighted by Gasteiger charge is -2.31. The van der Waals surface area contributed by atoms with Gasteiger partial charge in [0.15, 0.2) is 0 Å². The van der Waals surface area contributed by atoms with Crippen LogP contribution in [0.1, 0.15) is 42.2 Å². The molecule has 146 valence electrons. The Morgan fingerprint density at radius 3 is 2.74 bits per heavy atom. The van der Waals surface area contributed by atoms with Gasteiger partial charge in [0, 0.05) is 30.1 Å². The highest BCUT2D eigenvalue weighted by Gasteiger charge is 2.30. The number of hydrogen-bond acceptors (Lipinski definition) is 4. The molecule has 8 heteroatoms. The second kappa shape index (κ2) is 8.39. The summed E-state index contributed by atoms with van der Waals surface area (Å²) in [6, 6.07) is 5.12. The quantitative estimate of drug-likeness (QED) is 0.812. The molecule has 27 heavy (non-hydrogen) atoms. The van der Waals surface area contributed by atoms with Gasteiger partial charge in [0.2, 0.25) is 0 Å². The summed E-state index contributed by atoms with van der Waals surface area (Å²) >= 11 is 1.17. The van der Waals surface area contributed by atoms with Crippen LogP contribution in [0.3, 0.4) is 0 Å². The highest BCUT2D eigenvalue weighted by molar-refractivity contribution is 7.13. The van der Waals surface area contributed by atoms with Crippen LogP contribution in [0, 0.1) is 0 Å². The van der Waals surface area contributed by atoms with Crippen molar-refractivity contribution in [1.82, 2.24) is 15.2 Å². The lowest BCUT2D eigenvalue weighted by Crippen LogP contribution is -2.44. The average Bonchev–Trinajstić information content (AvgIpc) is 3.13. The van der Waals surface area contributed by atoms with Crippen LogP contribution in [0.4, 0.5) is 13.2 Å². The number of hydrogen-bond donors (Lipinski definition) is 1. The number of benzene rings is 1. The molecule has 1 aromatic heterocycles. The third-order valence-electron chi connectivity index (χ3n) is 4.64. The smallest absolute Gasteiger partial charge is 0.348 e. The number of halogens is 3. The SMILES string of the molecule is CCCN1CCC(NC(=O)c2csc(-c3cccc(C(F)(F)F)c3)n2)CC1. The van der Waals surface area contributed by atoms with E-state index in [1.165, 1.54) is 17.4 Å². The Morgan fingerprint density at radius 2 is 2.07 bits per heavy atom. The van der Waals surface area contributed by atoms with Crippen molar-refractivity contribution in [3.63, 3.8) is 0 Å². The van der Waals surface area contributed by atoms with Crippen molar-refractivity contribution >= 4 is 17.2 Å². The molecule has 1 N–H and O–H groups in total. The predicted molar refractivity (Wildman–Crippen MR) is 99.8 cm³/mol. The van der Waals surface area contributed by atoms with E-state index in [4.69, 9.17) is 0 Å². The van der Waals surface area contributed by atoms with Crippen molar-refractivity contribution in [1.29, 1.82) is 0 Å². The highest BCUT2D eigenvalue weighted by atomic mass is 32.1. The van der Waals surface area contributed by atoms with Crippen LogP contribution in [0.2, 0.25) is 0 Å². The topological polar surface area (TPSA) is 45.2 Å². The summed E-state index contributed by atoms with van der Waals surface area (Å²) < 4.78 is 38.6. The van der Waals surface area contributed by atoms with E-state index in [9.17, 15) is 18.0 Å². The maximum atomic E-state index is 12.9. The molecule has 1 aliphatic rings. The van der Waals surface area contributed by atoms with Gasteiger partial charge in [0.25, 0.3) is 5.91 Å². The molecule has 0 bridgehead atoms. The number of nitrogens with zero attached hydrogens (tertiary/aromatic N) is 2. The summed E-state index contributed by atoms with van der Waals surface area (Å²) in [4.78, 5) is 19.1. The van der Waals surface area contributed by atoms with Gasteiger partial charge in [-0.2, -0.15) is 13.2 Å². The number of nitrogens with one attached hydrogen (secondary N) is 1. The van der Waals surface area contributed by atoms with Gasteiger partial charge in [0.1, 0.15) is 10.7 Å². The average molecular weight is 397 g/mol. The zero-order chi connectivity index (χ0) is 19.4. The van der Waals surface area contributed by atoms with Gasteiger partial charge in [-0.15, -0.1) is 11.3 Å². The summed E-state index contributed by atoms with van der Waals surface area (Å²) in [5.41, 5.74) is -0.106. The van der Waals surface area contributed by atoms with Gasteiger partial charge in [0.05, 0.1) is 5.56 Å². The molecule has 1 saturated heterocycles. The number of alkyl halides is 3. The summed E-state index contributed by atoms with van der Waals surface area (Å²) in [6.07, 6.45) is -1.49. The monoisotopic (exact) mass is 397 g/mol. The summed E-state index contributed by atoms with van der Waals surface area (Å²) in [7, 11) is 0. The lowest BCUT2D eigenvalue weighted by atomic mass is 10.0. The molecule has 0 unspecified atom stereocenters. The van der Waals surface area contributed by atoms with Gasteiger partial charge in [-0.3, -0.25) is 4.79 Å². The van der Waals surface area contributed by atoms with Gasteiger partial charge < -0.3 is 10.2 Å². The molecule has 2 heterocycles. The Morgan fingerprint density at radius 1 is 1.33 bits per heavy atom. The molecule has 1 amide bonds. The number of rotatable bonds is 5. The molecule has 1 aliphatic heterocycles. The highest BCUT2D eigenvalue weighted by Crippen LogP contribution is 2.33. The summed E-state index contributed by atoms with van der Waals surface area (Å²) in [5, 5.41) is 5.00. The number of carbonyl (C=O) groups excluding carboxylic acids is 1. The van der Waals surface area contributed by atoms with Crippen LogP contribution in [-0.2, 0) is 6.18 Å². The Bertz CT molecular complexity index is 783. The van der Waals surface area contributed by atoms with Crippen molar-refractivity contribution in [2.24, 2.45) is 0 Å². The molecule has 1 fully saturated rings. The molecule has 0 spiro atoms. The summed E-state index contributed by atoms with van der Waals surface area (Å²) in [5.74, 6) is -0.265. The van der Waals surface area contributed by atoms with Crippen LogP contribution in [0.5, 0.6) is 0 Å². The maximum Gasteiger partial charge on any atom is 0.416 e. The van der Waals surface area contributed by atoms with Crippen molar-refractivity contribution < 1.29 is 18.0 Å². The minimum atomic E-state index is -4.40. The lowest BCUT2D eigenvalue weighted by molar-refractivity contribution is -0.137. The van der Waals surface area contributed by atoms with Crippen LogP contribution >= 0.6 is 11.3 Å². The van der Waals surface area contributed by atoms with Crippen molar-refractivity contribution in [3.05, 3.63) is 40.9 Å². The Labute approximate surface area is 160 Å². The zero-order valence-electron chi connectivity index (χ0n) is 15.1. The van der Waals surface area contributed by atoms with Crippen molar-refractivity contribution in [2.45, 2.75) is 38.4 Å². The fourth-order valence-corrected chi connectivity index (χ4v) is 4.01. The molecule has 0 saturated carbocycles. The van der Waals surface area contributed by atoms with Gasteiger partial charge in [-0.05, 0) is 37.9 Å². The maximum absolute atomic E-state index is 12.9. The minimum absolute atomic E-state index is 0.115. The fourth-order valence-electron chi connectivity index (χ4n) is 3.22. The third-order valence-corrected chi connectivity index (χ3v) is 5.53. The Balaban J connectivity index is 1.63. The van der Waals surface area contributed by atoms with Crippen LogP contribution in [0.25, 0.3) is 10.6 Å². The van der Waals surface area contributed by atoms with Crippen LogP contribution in [-0.4, -0.2) is 41.5 Å². The molecule has 0 aliphatic carbocycles. The Hall–Kier alpha value is -1.93. The van der Waals surface area contributed by atoms with E-state index in [2.05, 4.69) is 22.1 Å². The standard InChI is InChI=1S/C19H22F3N3OS/c1-2-8-25-9-6-15(7-10-25)23-17(26)16-12-27-18(24-16)13-4-3-5-14(11-13)19(20,21)22/h3-5,11-12,15H,2,6-10H2,1H3,(H,23,26). The van der Waals surface area contributed by atoms with Crippen molar-refractivity contribution in [2.75, 3.05) is 19.6 Å². The normalized spacial score (nSPS) is 16.4. The van der Waals surface area contributed by atoms with E-state index in [1.54, 1.807) is 11.4 Å². The van der Waals surface area contributed by atoms with Gasteiger partial charge in [-0.1, -0.05) is 19.1 Å². The Kier molecular flexibility index (Phi) is 6.16. The second-order valence-corrected chi connectivity index (χ2v) is 7.56. The van der Waals surface area contributed by atoms with Gasteiger partial charge >= 0.3 is 6.18 Å². The van der Waals surface area contributed by atoms with Crippen LogP contribution in [0.15, 0.2) is 29.6 Å². The number of likely N-dealkylation sites (tertiary alicyclic amines) is 1. The molecule has 0 atom stereocenters. The van der Waals surface area contributed by atoms with Crippen molar-refractivity contribution in [3.8, 4) is 10.6 Å². The van der Waals surface area contributed by atoms with E-state index in [0.29, 0.717) is 10.6 Å². The number of amides is 1. The third kappa shape index (κ3) is 5.07. The number of carbonyl (C=O) groups is 1. The number of piperidine rings is 1. The molecular weight excluding hydrogens is 375 g/mol. The van der Waals surface area contributed by atoms with E-state index in [-0.39, 0.29) is 17.6 Å². The zero-order valence-corrected chi connectivity index (χ0v) is 15.9. The molecule has 1 aromatic carbocycles. The first-order chi connectivity index (χ1) is 12.9.